The third kappa shape index (κ3) is 12.0. The molecule has 0 saturated heterocycles. The van der Waals surface area contributed by atoms with Gasteiger partial charge < -0.3 is 25.0 Å². The van der Waals surface area contributed by atoms with E-state index in [1.807, 2.05) is 6.92 Å². The van der Waals surface area contributed by atoms with Gasteiger partial charge in [-0.2, -0.15) is 8.78 Å². The van der Waals surface area contributed by atoms with E-state index in [1.165, 1.54) is 23.1 Å². The van der Waals surface area contributed by atoms with Gasteiger partial charge in [0.1, 0.15) is 5.75 Å². The van der Waals surface area contributed by atoms with Gasteiger partial charge in [-0.25, -0.2) is 4.99 Å². The first-order valence-electron chi connectivity index (χ1n) is 8.86. The van der Waals surface area contributed by atoms with Gasteiger partial charge in [-0.15, -0.1) is 24.0 Å². The van der Waals surface area contributed by atoms with Crippen LogP contribution in [-0.4, -0.2) is 63.8 Å². The van der Waals surface area contributed by atoms with Crippen LogP contribution in [0, 0.1) is 0 Å². The molecule has 0 fully saturated rings. The number of hydrogen-bond donors (Lipinski definition) is 2. The fraction of sp³-hybridized carbons (Fsp3) is 0.556. The maximum Gasteiger partial charge on any atom is 0.387 e. The summed E-state index contributed by atoms with van der Waals surface area (Å²) < 4.78 is 35.0. The predicted molar refractivity (Wildman–Crippen MR) is 120 cm³/mol. The number of carbonyl (C=O) groups excluding carboxylic acids is 1. The summed E-state index contributed by atoms with van der Waals surface area (Å²) in [5, 5.41) is 6.39. The molecule has 0 aliphatic heterocycles. The summed E-state index contributed by atoms with van der Waals surface area (Å²) in [4.78, 5) is 17.6. The van der Waals surface area contributed by atoms with Crippen LogP contribution in [0.3, 0.4) is 0 Å². The van der Waals surface area contributed by atoms with E-state index in [2.05, 4.69) is 20.4 Å². The molecule has 7 nitrogen and oxygen atoms in total. The number of benzene rings is 1. The van der Waals surface area contributed by atoms with Crippen molar-refractivity contribution in [3.8, 4) is 5.75 Å². The number of guanidine groups is 1. The Balaban J connectivity index is 0.00000784. The van der Waals surface area contributed by atoms with E-state index in [9.17, 15) is 13.6 Å². The summed E-state index contributed by atoms with van der Waals surface area (Å²) >= 11 is 5.95. The van der Waals surface area contributed by atoms with Gasteiger partial charge in [-0.05, 0) is 31.5 Å². The lowest BCUT2D eigenvalue weighted by molar-refractivity contribution is -0.127. The van der Waals surface area contributed by atoms with Crippen LogP contribution in [0.25, 0.3) is 0 Å². The molecule has 0 aliphatic carbocycles. The predicted octanol–water partition coefficient (Wildman–Crippen LogP) is 3.11. The fourth-order valence-corrected chi connectivity index (χ4v) is 2.26. The van der Waals surface area contributed by atoms with E-state index in [-0.39, 0.29) is 48.7 Å². The minimum atomic E-state index is -2.95. The van der Waals surface area contributed by atoms with E-state index in [0.29, 0.717) is 36.3 Å². The number of likely N-dealkylation sites (N-methyl/N-ethyl adjacent to an activating group) is 1. The highest BCUT2D eigenvalue weighted by atomic mass is 127. The van der Waals surface area contributed by atoms with Crippen LogP contribution in [0.1, 0.15) is 18.9 Å². The number of hydrogen-bond acceptors (Lipinski definition) is 4. The molecule has 0 aromatic heterocycles. The van der Waals surface area contributed by atoms with Crippen LogP contribution in [-0.2, 0) is 16.1 Å². The molecule has 2 N–H and O–H groups in total. The third-order valence-electron chi connectivity index (χ3n) is 3.51. The number of aliphatic imine (C=N–C) groups is 1. The molecule has 0 spiro atoms. The zero-order valence-electron chi connectivity index (χ0n) is 16.7. The lowest BCUT2D eigenvalue weighted by Gasteiger charge is -2.15. The van der Waals surface area contributed by atoms with Crippen molar-refractivity contribution in [2.45, 2.75) is 26.5 Å². The van der Waals surface area contributed by atoms with Crippen molar-refractivity contribution in [3.05, 3.63) is 28.8 Å². The number of ether oxygens (including phenoxy) is 2. The van der Waals surface area contributed by atoms with Crippen molar-refractivity contribution in [1.29, 1.82) is 0 Å². The molecule has 0 saturated carbocycles. The first-order chi connectivity index (χ1) is 13.3. The fourth-order valence-electron chi connectivity index (χ4n) is 2.06. The molecular formula is C18H28ClF2IN4O3. The van der Waals surface area contributed by atoms with Gasteiger partial charge in [0, 0.05) is 44.4 Å². The van der Waals surface area contributed by atoms with E-state index in [4.69, 9.17) is 16.3 Å². The van der Waals surface area contributed by atoms with Gasteiger partial charge in [-0.1, -0.05) is 11.6 Å². The van der Waals surface area contributed by atoms with E-state index >= 15 is 0 Å². The molecule has 166 valence electrons. The topological polar surface area (TPSA) is 75.2 Å². The normalized spacial score (nSPS) is 11.1. The highest BCUT2D eigenvalue weighted by molar-refractivity contribution is 14.0. The van der Waals surface area contributed by atoms with Gasteiger partial charge >= 0.3 is 6.61 Å². The van der Waals surface area contributed by atoms with Crippen LogP contribution in [0.4, 0.5) is 8.78 Å². The molecule has 0 atom stereocenters. The molecule has 29 heavy (non-hydrogen) atoms. The van der Waals surface area contributed by atoms with Gasteiger partial charge in [0.25, 0.3) is 0 Å². The number of nitrogens with zero attached hydrogens (tertiary/aromatic N) is 2. The molecule has 0 aliphatic rings. The highest BCUT2D eigenvalue weighted by Gasteiger charge is 2.11. The van der Waals surface area contributed by atoms with Crippen molar-refractivity contribution < 1.29 is 23.0 Å². The number of nitrogens with one attached hydrogen (secondary N) is 2. The largest absolute Gasteiger partial charge is 0.434 e. The average molecular weight is 549 g/mol. The molecule has 0 unspecified atom stereocenters. The summed E-state index contributed by atoms with van der Waals surface area (Å²) in [6.45, 7) is 0.846. The summed E-state index contributed by atoms with van der Waals surface area (Å²) in [6, 6.07) is 4.35. The second-order valence-corrected chi connectivity index (χ2v) is 6.35. The van der Waals surface area contributed by atoms with Crippen LogP contribution in [0.2, 0.25) is 5.02 Å². The van der Waals surface area contributed by atoms with Gasteiger partial charge in [0.15, 0.2) is 5.96 Å². The van der Waals surface area contributed by atoms with Crippen molar-refractivity contribution in [2.24, 2.45) is 4.99 Å². The maximum absolute atomic E-state index is 12.6. The molecule has 0 bridgehead atoms. The van der Waals surface area contributed by atoms with Gasteiger partial charge in [-0.3, -0.25) is 4.79 Å². The Labute approximate surface area is 192 Å². The lowest BCUT2D eigenvalue weighted by atomic mass is 10.2. The molecule has 1 aromatic carbocycles. The summed E-state index contributed by atoms with van der Waals surface area (Å²) in [5.74, 6) is 0.242. The minimum absolute atomic E-state index is 0. The first-order valence-corrected chi connectivity index (χ1v) is 9.24. The number of amides is 1. The Morgan fingerprint density at radius 2 is 2.03 bits per heavy atom. The summed E-state index contributed by atoms with van der Waals surface area (Å²) in [5.41, 5.74) is 0.405. The van der Waals surface area contributed by atoms with Crippen LogP contribution < -0.4 is 15.4 Å². The number of rotatable bonds is 11. The van der Waals surface area contributed by atoms with Crippen molar-refractivity contribution >= 4 is 47.4 Å². The molecule has 1 aromatic rings. The number of halogens is 4. The van der Waals surface area contributed by atoms with E-state index in [1.54, 1.807) is 14.1 Å². The number of carbonyl (C=O) groups is 1. The van der Waals surface area contributed by atoms with Crippen molar-refractivity contribution in [3.63, 3.8) is 0 Å². The molecular weight excluding hydrogens is 521 g/mol. The molecule has 0 radical (unpaired) electrons. The van der Waals surface area contributed by atoms with Gasteiger partial charge in [0.05, 0.1) is 13.1 Å². The SMILES string of the molecule is CCOCCCNC(=NCc1cc(Cl)ccc1OC(F)F)NCC(=O)N(C)C.I. The Morgan fingerprint density at radius 1 is 1.31 bits per heavy atom. The van der Waals surface area contributed by atoms with Gasteiger partial charge in [0.2, 0.25) is 5.91 Å². The minimum Gasteiger partial charge on any atom is -0.434 e. The highest BCUT2D eigenvalue weighted by Crippen LogP contribution is 2.25. The quantitative estimate of drug-likeness (QED) is 0.192. The van der Waals surface area contributed by atoms with E-state index < -0.39 is 6.61 Å². The molecule has 11 heteroatoms. The summed E-state index contributed by atoms with van der Waals surface area (Å²) in [6.07, 6.45) is 0.743. The second kappa shape index (κ2) is 15.4. The van der Waals surface area contributed by atoms with Crippen molar-refractivity contribution in [2.75, 3.05) is 40.4 Å². The molecule has 1 rings (SSSR count). The first kappa shape index (κ1) is 27.6. The zero-order chi connectivity index (χ0) is 20.9. The van der Waals surface area contributed by atoms with Crippen LogP contribution >= 0.6 is 35.6 Å². The average Bonchev–Trinajstić information content (AvgIpc) is 2.64. The third-order valence-corrected chi connectivity index (χ3v) is 3.75. The Bertz CT molecular complexity index is 652. The molecule has 0 heterocycles. The lowest BCUT2D eigenvalue weighted by Crippen LogP contribution is -2.43. The molecule has 1 amide bonds. The Morgan fingerprint density at radius 3 is 2.66 bits per heavy atom. The number of alkyl halides is 2. The standard InChI is InChI=1S/C18H27ClF2N4O3.HI/c1-4-27-9-5-8-22-18(24-12-16(26)25(2)3)23-11-13-10-14(19)6-7-15(13)28-17(20)21;/h6-7,10,17H,4-5,8-9,11-12H2,1-3H3,(H2,22,23,24);1H. The monoisotopic (exact) mass is 548 g/mol. The van der Waals surface area contributed by atoms with Crippen molar-refractivity contribution in [1.82, 2.24) is 15.5 Å². The Hall–Kier alpha value is -1.40. The Kier molecular flexibility index (Phi) is 14.7. The maximum atomic E-state index is 12.6. The zero-order valence-corrected chi connectivity index (χ0v) is 19.8. The van der Waals surface area contributed by atoms with Crippen LogP contribution in [0.5, 0.6) is 5.75 Å². The van der Waals surface area contributed by atoms with E-state index in [0.717, 1.165) is 6.42 Å². The smallest absolute Gasteiger partial charge is 0.387 e. The summed E-state index contributed by atoms with van der Waals surface area (Å²) in [7, 11) is 3.30. The second-order valence-electron chi connectivity index (χ2n) is 5.91. The van der Waals surface area contributed by atoms with Crippen LogP contribution in [0.15, 0.2) is 23.2 Å².